The van der Waals surface area contributed by atoms with Crippen LogP contribution in [0.15, 0.2) is 54.6 Å². The number of anilines is 2. The number of halogens is 2. The Morgan fingerprint density at radius 3 is 2.50 bits per heavy atom. The van der Waals surface area contributed by atoms with Crippen molar-refractivity contribution >= 4 is 34.6 Å². The average Bonchev–Trinajstić information content (AvgIpc) is 2.84. The Morgan fingerprint density at radius 1 is 0.971 bits per heavy atom. The molecule has 0 bridgehead atoms. The van der Waals surface area contributed by atoms with Crippen molar-refractivity contribution in [3.63, 3.8) is 0 Å². The van der Waals surface area contributed by atoms with Crippen LogP contribution in [0.5, 0.6) is 11.5 Å². The normalized spacial score (nSPS) is 13.6. The van der Waals surface area contributed by atoms with E-state index in [2.05, 4.69) is 35.3 Å². The summed E-state index contributed by atoms with van der Waals surface area (Å²) in [4.78, 5) is 2.25. The van der Waals surface area contributed by atoms with Crippen molar-refractivity contribution in [1.29, 1.82) is 0 Å². The molecule has 34 heavy (non-hydrogen) atoms. The van der Waals surface area contributed by atoms with Gasteiger partial charge in [-0.3, -0.25) is 0 Å². The van der Waals surface area contributed by atoms with Gasteiger partial charge in [-0.05, 0) is 60.9 Å². The van der Waals surface area contributed by atoms with Crippen LogP contribution in [0.25, 0.3) is 0 Å². The summed E-state index contributed by atoms with van der Waals surface area (Å²) < 4.78 is 17.4. The molecule has 0 unspecified atom stereocenters. The van der Waals surface area contributed by atoms with Gasteiger partial charge >= 0.3 is 0 Å². The Labute approximate surface area is 211 Å². The van der Waals surface area contributed by atoms with Crippen LogP contribution in [0.2, 0.25) is 10.0 Å². The topological polar surface area (TPSA) is 43.0 Å². The van der Waals surface area contributed by atoms with Crippen molar-refractivity contribution < 1.29 is 14.2 Å². The highest BCUT2D eigenvalue weighted by Gasteiger charge is 2.16. The van der Waals surface area contributed by atoms with Gasteiger partial charge in [0.15, 0.2) is 11.5 Å². The molecular formula is C27H30Cl2N2O3. The number of hydrogen-bond donors (Lipinski definition) is 1. The summed E-state index contributed by atoms with van der Waals surface area (Å²) in [6, 6.07) is 18.1. The zero-order valence-electron chi connectivity index (χ0n) is 19.6. The molecular weight excluding hydrogens is 471 g/mol. The summed E-state index contributed by atoms with van der Waals surface area (Å²) in [5, 5.41) is 4.68. The molecule has 0 aliphatic carbocycles. The molecule has 0 radical (unpaired) electrons. The van der Waals surface area contributed by atoms with E-state index >= 15 is 0 Å². The highest BCUT2D eigenvalue weighted by Crippen LogP contribution is 2.38. The maximum Gasteiger partial charge on any atom is 0.180 e. The summed E-state index contributed by atoms with van der Waals surface area (Å²) in [5.41, 5.74) is 5.26. The molecule has 1 aliphatic rings. The van der Waals surface area contributed by atoms with Crippen LogP contribution in [-0.2, 0) is 17.9 Å². The van der Waals surface area contributed by atoms with E-state index in [0.717, 1.165) is 53.8 Å². The van der Waals surface area contributed by atoms with Crippen molar-refractivity contribution in [3.05, 3.63) is 81.3 Å². The number of benzene rings is 3. The first-order chi connectivity index (χ1) is 16.5. The Morgan fingerprint density at radius 2 is 1.76 bits per heavy atom. The van der Waals surface area contributed by atoms with Crippen LogP contribution in [0.1, 0.15) is 23.6 Å². The average molecular weight is 501 g/mol. The third-order valence-electron chi connectivity index (χ3n) is 5.80. The second-order valence-corrected chi connectivity index (χ2v) is 8.99. The lowest BCUT2D eigenvalue weighted by molar-refractivity contribution is 0.122. The van der Waals surface area contributed by atoms with Crippen molar-refractivity contribution in [3.8, 4) is 11.5 Å². The molecule has 1 saturated heterocycles. The van der Waals surface area contributed by atoms with E-state index < -0.39 is 0 Å². The minimum absolute atomic E-state index is 0.429. The minimum atomic E-state index is 0.429. The monoisotopic (exact) mass is 500 g/mol. The number of morpholine rings is 1. The second kappa shape index (κ2) is 11.7. The lowest BCUT2D eigenvalue weighted by Crippen LogP contribution is -2.36. The Bertz CT molecular complexity index is 1120. The first-order valence-electron chi connectivity index (χ1n) is 11.5. The predicted molar refractivity (Wildman–Crippen MR) is 140 cm³/mol. The second-order valence-electron chi connectivity index (χ2n) is 8.17. The first-order valence-corrected chi connectivity index (χ1v) is 12.3. The third-order valence-corrected chi connectivity index (χ3v) is 6.38. The third kappa shape index (κ3) is 6.09. The highest BCUT2D eigenvalue weighted by atomic mass is 35.5. The fraction of sp³-hybridized carbons (Fsp3) is 0.333. The first kappa shape index (κ1) is 24.5. The molecule has 3 aromatic rings. The Hall–Kier alpha value is -2.60. The van der Waals surface area contributed by atoms with Gasteiger partial charge in [0.25, 0.3) is 0 Å². The number of nitrogens with one attached hydrogen (secondary N) is 1. The molecule has 1 N–H and O–H groups in total. The van der Waals surface area contributed by atoms with Crippen molar-refractivity contribution in [2.24, 2.45) is 0 Å². The fourth-order valence-corrected chi connectivity index (χ4v) is 4.52. The van der Waals surface area contributed by atoms with Gasteiger partial charge in [-0.15, -0.1) is 0 Å². The van der Waals surface area contributed by atoms with Gasteiger partial charge < -0.3 is 24.4 Å². The van der Waals surface area contributed by atoms with Crippen LogP contribution in [0.3, 0.4) is 0 Å². The predicted octanol–water partition coefficient (Wildman–Crippen LogP) is 6.73. The van der Waals surface area contributed by atoms with Crippen molar-refractivity contribution in [2.45, 2.75) is 27.0 Å². The van der Waals surface area contributed by atoms with E-state index in [0.29, 0.717) is 36.3 Å². The standard InChI is InChI=1S/C27H30Cl2N2O3/c1-3-33-26-15-20(14-24(29)27(26)34-18-21-7-5-4-6-19(21)2)17-30-22-8-9-25(23(28)16-22)31-10-12-32-13-11-31/h4-9,14-16,30H,3,10-13,17-18H2,1-2H3. The van der Waals surface area contributed by atoms with Gasteiger partial charge in [-0.2, -0.15) is 0 Å². The van der Waals surface area contributed by atoms with Gasteiger partial charge in [-0.1, -0.05) is 47.5 Å². The van der Waals surface area contributed by atoms with E-state index in [1.54, 1.807) is 0 Å². The van der Waals surface area contributed by atoms with E-state index in [1.165, 1.54) is 5.56 Å². The maximum absolute atomic E-state index is 6.62. The Kier molecular flexibility index (Phi) is 8.44. The number of ether oxygens (including phenoxy) is 3. The summed E-state index contributed by atoms with van der Waals surface area (Å²) in [6.07, 6.45) is 0. The van der Waals surface area contributed by atoms with Crippen LogP contribution in [0, 0.1) is 6.92 Å². The minimum Gasteiger partial charge on any atom is -0.490 e. The zero-order chi connectivity index (χ0) is 23.9. The highest BCUT2D eigenvalue weighted by molar-refractivity contribution is 6.33. The van der Waals surface area contributed by atoms with Gasteiger partial charge in [0, 0.05) is 25.3 Å². The summed E-state index contributed by atoms with van der Waals surface area (Å²) in [6.45, 7) is 8.69. The molecule has 1 heterocycles. The van der Waals surface area contributed by atoms with Crippen LogP contribution >= 0.6 is 23.2 Å². The van der Waals surface area contributed by atoms with Crippen molar-refractivity contribution in [1.82, 2.24) is 0 Å². The smallest absolute Gasteiger partial charge is 0.180 e. The molecule has 5 nitrogen and oxygen atoms in total. The summed E-state index contributed by atoms with van der Waals surface area (Å²) in [7, 11) is 0. The SMILES string of the molecule is CCOc1cc(CNc2ccc(N3CCOCC3)c(Cl)c2)cc(Cl)c1OCc1ccccc1C. The molecule has 0 aromatic heterocycles. The van der Waals surface area contributed by atoms with Crippen LogP contribution in [-0.4, -0.2) is 32.9 Å². The quantitative estimate of drug-likeness (QED) is 0.352. The number of nitrogens with zero attached hydrogens (tertiary/aromatic N) is 1. The van der Waals surface area contributed by atoms with E-state index in [-0.39, 0.29) is 0 Å². The number of aryl methyl sites for hydroxylation is 1. The molecule has 0 amide bonds. The van der Waals surface area contributed by atoms with Crippen molar-refractivity contribution in [2.75, 3.05) is 43.1 Å². The van der Waals surface area contributed by atoms with Gasteiger partial charge in [0.2, 0.25) is 0 Å². The molecule has 4 rings (SSSR count). The van der Waals surface area contributed by atoms with E-state index in [4.69, 9.17) is 37.4 Å². The maximum atomic E-state index is 6.62. The van der Waals surface area contributed by atoms with Crippen LogP contribution < -0.4 is 19.7 Å². The molecule has 0 spiro atoms. The lowest BCUT2D eigenvalue weighted by atomic mass is 10.1. The molecule has 7 heteroatoms. The van der Waals surface area contributed by atoms with Gasteiger partial charge in [0.05, 0.1) is 35.6 Å². The van der Waals surface area contributed by atoms with Crippen LogP contribution in [0.4, 0.5) is 11.4 Å². The molecule has 1 aliphatic heterocycles. The van der Waals surface area contributed by atoms with E-state index in [9.17, 15) is 0 Å². The number of rotatable bonds is 9. The van der Waals surface area contributed by atoms with Gasteiger partial charge in [-0.25, -0.2) is 0 Å². The lowest BCUT2D eigenvalue weighted by Gasteiger charge is -2.29. The van der Waals surface area contributed by atoms with E-state index in [1.807, 2.05) is 43.3 Å². The zero-order valence-corrected chi connectivity index (χ0v) is 21.1. The fourth-order valence-electron chi connectivity index (χ4n) is 3.93. The van der Waals surface area contributed by atoms with Gasteiger partial charge in [0.1, 0.15) is 6.61 Å². The molecule has 1 fully saturated rings. The largest absolute Gasteiger partial charge is 0.490 e. The Balaban J connectivity index is 1.45. The summed E-state index contributed by atoms with van der Waals surface area (Å²) >= 11 is 13.2. The molecule has 3 aromatic carbocycles. The molecule has 0 atom stereocenters. The summed E-state index contributed by atoms with van der Waals surface area (Å²) in [5.74, 6) is 1.20. The number of hydrogen-bond acceptors (Lipinski definition) is 5. The molecule has 180 valence electrons. The molecule has 0 saturated carbocycles.